The molecule has 1 fully saturated rings. The van der Waals surface area contributed by atoms with Crippen molar-refractivity contribution in [3.8, 4) is 0 Å². The van der Waals surface area contributed by atoms with Crippen molar-refractivity contribution in [2.24, 2.45) is 5.92 Å². The third-order valence-corrected chi connectivity index (χ3v) is 3.94. The SMILES string of the molecule is O=C(O)C1[C@H](c2cc(Cl)cc(Cl)c2)C1(Cl)Cl. The summed E-state index contributed by atoms with van der Waals surface area (Å²) in [6.45, 7) is 0. The first-order valence-corrected chi connectivity index (χ1v) is 5.92. The molecule has 1 aromatic carbocycles. The lowest BCUT2D eigenvalue weighted by molar-refractivity contribution is -0.138. The van der Waals surface area contributed by atoms with Crippen molar-refractivity contribution in [2.45, 2.75) is 10.3 Å². The van der Waals surface area contributed by atoms with Gasteiger partial charge in [-0.3, -0.25) is 4.79 Å². The topological polar surface area (TPSA) is 37.3 Å². The van der Waals surface area contributed by atoms with Gasteiger partial charge < -0.3 is 5.11 Å². The van der Waals surface area contributed by atoms with Crippen molar-refractivity contribution in [1.82, 2.24) is 0 Å². The molecule has 0 aromatic heterocycles. The Labute approximate surface area is 112 Å². The largest absolute Gasteiger partial charge is 0.481 e. The average molecular weight is 300 g/mol. The minimum absolute atomic E-state index is 0.433. The minimum atomic E-state index is -1.28. The first-order valence-electron chi connectivity index (χ1n) is 4.40. The van der Waals surface area contributed by atoms with E-state index in [1.807, 2.05) is 0 Å². The molecule has 0 saturated heterocycles. The van der Waals surface area contributed by atoms with E-state index < -0.39 is 22.1 Å². The number of rotatable bonds is 2. The molecule has 1 aromatic rings. The maximum Gasteiger partial charge on any atom is 0.310 e. The molecule has 86 valence electrons. The molecule has 1 aliphatic carbocycles. The number of hydrogen-bond donors (Lipinski definition) is 1. The molecule has 0 aliphatic heterocycles. The number of carbonyl (C=O) groups is 1. The smallest absolute Gasteiger partial charge is 0.310 e. The summed E-state index contributed by atoms with van der Waals surface area (Å²) in [5, 5.41) is 9.79. The maximum absolute atomic E-state index is 10.9. The molecule has 0 amide bonds. The Morgan fingerprint density at radius 1 is 1.19 bits per heavy atom. The summed E-state index contributed by atoms with van der Waals surface area (Å²) >= 11 is 23.5. The van der Waals surface area contributed by atoms with E-state index in [1.165, 1.54) is 0 Å². The van der Waals surface area contributed by atoms with Gasteiger partial charge in [0.25, 0.3) is 0 Å². The third-order valence-electron chi connectivity index (χ3n) is 2.56. The van der Waals surface area contributed by atoms with Gasteiger partial charge in [-0.15, -0.1) is 0 Å². The second kappa shape index (κ2) is 3.95. The molecule has 1 N–H and O–H groups in total. The number of aliphatic carboxylic acids is 1. The third kappa shape index (κ3) is 2.00. The van der Waals surface area contributed by atoms with Gasteiger partial charge >= 0.3 is 5.97 Å². The highest BCUT2D eigenvalue weighted by Gasteiger charge is 2.68. The van der Waals surface area contributed by atoms with Crippen LogP contribution in [-0.4, -0.2) is 15.4 Å². The number of carboxylic acids is 1. The average Bonchev–Trinajstić information content (AvgIpc) is 2.67. The zero-order valence-electron chi connectivity index (χ0n) is 7.75. The van der Waals surface area contributed by atoms with Crippen LogP contribution < -0.4 is 0 Å². The van der Waals surface area contributed by atoms with E-state index in [4.69, 9.17) is 51.5 Å². The van der Waals surface area contributed by atoms with Crippen LogP contribution in [-0.2, 0) is 4.79 Å². The van der Waals surface area contributed by atoms with E-state index in [0.717, 1.165) is 0 Å². The predicted octanol–water partition coefficient (Wildman–Crippen LogP) is 3.97. The van der Waals surface area contributed by atoms with Gasteiger partial charge in [-0.05, 0) is 23.8 Å². The maximum atomic E-state index is 10.9. The molecule has 6 heteroatoms. The molecule has 0 heterocycles. The predicted molar refractivity (Wildman–Crippen MR) is 64.8 cm³/mol. The molecular weight excluding hydrogens is 294 g/mol. The highest BCUT2D eigenvalue weighted by molar-refractivity contribution is 6.53. The zero-order valence-corrected chi connectivity index (χ0v) is 10.8. The van der Waals surface area contributed by atoms with Gasteiger partial charge in [0, 0.05) is 16.0 Å². The lowest BCUT2D eigenvalue weighted by Crippen LogP contribution is -2.03. The van der Waals surface area contributed by atoms with E-state index in [9.17, 15) is 4.79 Å². The van der Waals surface area contributed by atoms with Crippen molar-refractivity contribution >= 4 is 52.4 Å². The quantitative estimate of drug-likeness (QED) is 0.839. The van der Waals surface area contributed by atoms with E-state index in [2.05, 4.69) is 0 Å². The van der Waals surface area contributed by atoms with Crippen molar-refractivity contribution in [3.05, 3.63) is 33.8 Å². The van der Waals surface area contributed by atoms with Crippen LogP contribution in [0.1, 0.15) is 11.5 Å². The van der Waals surface area contributed by atoms with Gasteiger partial charge in [0.1, 0.15) is 4.33 Å². The van der Waals surface area contributed by atoms with E-state index in [1.54, 1.807) is 18.2 Å². The van der Waals surface area contributed by atoms with Crippen molar-refractivity contribution < 1.29 is 9.90 Å². The number of carboxylic acid groups (broad SMARTS) is 1. The van der Waals surface area contributed by atoms with Crippen LogP contribution in [0.4, 0.5) is 0 Å². The molecular formula is C10H6Cl4O2. The van der Waals surface area contributed by atoms with Gasteiger partial charge in [-0.1, -0.05) is 46.4 Å². The summed E-state index contributed by atoms with van der Waals surface area (Å²) in [5.74, 6) is -2.30. The number of hydrogen-bond acceptors (Lipinski definition) is 1. The van der Waals surface area contributed by atoms with E-state index >= 15 is 0 Å². The molecule has 0 spiro atoms. The summed E-state index contributed by atoms with van der Waals surface area (Å²) in [5.41, 5.74) is 0.648. The number of alkyl halides is 2. The number of benzene rings is 1. The van der Waals surface area contributed by atoms with Crippen LogP contribution in [0, 0.1) is 5.92 Å². The Hall–Kier alpha value is -0.150. The van der Waals surface area contributed by atoms with Crippen LogP contribution in [0.25, 0.3) is 0 Å². The fourth-order valence-corrected chi connectivity index (χ4v) is 3.16. The Kier molecular flexibility index (Phi) is 3.04. The van der Waals surface area contributed by atoms with Gasteiger partial charge in [0.15, 0.2) is 0 Å². The van der Waals surface area contributed by atoms with Gasteiger partial charge in [-0.25, -0.2) is 0 Å². The molecule has 1 aliphatic rings. The van der Waals surface area contributed by atoms with Gasteiger partial charge in [0.2, 0.25) is 0 Å². The first kappa shape index (κ1) is 12.3. The molecule has 1 unspecified atom stereocenters. The molecule has 1 saturated carbocycles. The highest BCUT2D eigenvalue weighted by Crippen LogP contribution is 2.65. The Bertz CT molecular complexity index is 438. The summed E-state index contributed by atoms with van der Waals surface area (Å²) < 4.78 is -1.28. The Balaban J connectivity index is 2.37. The first-order chi connectivity index (χ1) is 7.34. The fourth-order valence-electron chi connectivity index (χ4n) is 1.80. The second-order valence-corrected chi connectivity index (χ2v) is 5.99. The Morgan fingerprint density at radius 3 is 2.06 bits per heavy atom. The van der Waals surface area contributed by atoms with Crippen molar-refractivity contribution in [3.63, 3.8) is 0 Å². The highest BCUT2D eigenvalue weighted by atomic mass is 35.5. The lowest BCUT2D eigenvalue weighted by atomic mass is 10.1. The molecule has 0 bridgehead atoms. The molecule has 0 radical (unpaired) electrons. The second-order valence-electron chi connectivity index (χ2n) is 3.67. The fraction of sp³-hybridized carbons (Fsp3) is 0.300. The standard InChI is InChI=1S/C10H6Cl4O2/c11-5-1-4(2-6(12)3-5)7-8(9(15)16)10(7,13)14/h1-3,7-8H,(H,15,16)/t7-,8?/m0/s1. The molecule has 2 atom stereocenters. The van der Waals surface area contributed by atoms with Crippen LogP contribution >= 0.6 is 46.4 Å². The van der Waals surface area contributed by atoms with E-state index in [0.29, 0.717) is 15.6 Å². The van der Waals surface area contributed by atoms with Crippen molar-refractivity contribution in [2.75, 3.05) is 0 Å². The van der Waals surface area contributed by atoms with Crippen LogP contribution in [0.15, 0.2) is 18.2 Å². The lowest BCUT2D eigenvalue weighted by Gasteiger charge is -2.02. The van der Waals surface area contributed by atoms with Crippen LogP contribution in [0.2, 0.25) is 10.0 Å². The summed E-state index contributed by atoms with van der Waals surface area (Å²) in [4.78, 5) is 10.9. The van der Waals surface area contributed by atoms with Gasteiger partial charge in [0.05, 0.1) is 5.92 Å². The molecule has 2 nitrogen and oxygen atoms in total. The summed E-state index contributed by atoms with van der Waals surface area (Å²) in [6, 6.07) is 4.82. The number of halogens is 4. The monoisotopic (exact) mass is 298 g/mol. The normalized spacial score (nSPS) is 26.5. The van der Waals surface area contributed by atoms with Crippen molar-refractivity contribution in [1.29, 1.82) is 0 Å². The Morgan fingerprint density at radius 2 is 1.69 bits per heavy atom. The summed E-state index contributed by atoms with van der Waals surface area (Å²) in [6.07, 6.45) is 0. The minimum Gasteiger partial charge on any atom is -0.481 e. The van der Waals surface area contributed by atoms with Crippen LogP contribution in [0.3, 0.4) is 0 Å². The molecule has 2 rings (SSSR count). The summed E-state index contributed by atoms with van der Waals surface area (Å²) in [7, 11) is 0. The van der Waals surface area contributed by atoms with Crippen LogP contribution in [0.5, 0.6) is 0 Å². The van der Waals surface area contributed by atoms with Gasteiger partial charge in [-0.2, -0.15) is 0 Å². The molecule has 16 heavy (non-hydrogen) atoms. The zero-order chi connectivity index (χ0) is 12.1. The van der Waals surface area contributed by atoms with E-state index in [-0.39, 0.29) is 0 Å².